The van der Waals surface area contributed by atoms with Gasteiger partial charge >= 0.3 is 0 Å². The molecule has 0 atom stereocenters. The van der Waals surface area contributed by atoms with Gasteiger partial charge in [-0.25, -0.2) is 0 Å². The second-order valence-corrected chi connectivity index (χ2v) is 35.8. The van der Waals surface area contributed by atoms with Crippen LogP contribution in [0.15, 0.2) is 555 Å². The highest BCUT2D eigenvalue weighted by Gasteiger charge is 2.49. The van der Waals surface area contributed by atoms with E-state index in [-0.39, 0.29) is 14.9 Å². The second kappa shape index (κ2) is 36.7. The molecule has 0 unspecified atom stereocenters. The van der Waals surface area contributed by atoms with Crippen molar-refractivity contribution in [1.29, 1.82) is 0 Å². The summed E-state index contributed by atoms with van der Waals surface area (Å²) in [6.45, 7) is 0. The highest BCUT2D eigenvalue weighted by Crippen LogP contribution is 2.63. The molecular weight excluding hydrogens is 1690 g/mol. The van der Waals surface area contributed by atoms with Gasteiger partial charge in [-0.05, 0) is 206 Å². The molecule has 0 aliphatic heterocycles. The third kappa shape index (κ3) is 14.5. The smallest absolute Gasteiger partial charge is 0.136 e. The first-order valence-electron chi connectivity index (χ1n) is 47.5. The third-order valence-electron chi connectivity index (χ3n) is 28.4. The summed E-state index contributed by atoms with van der Waals surface area (Å²) >= 11 is 0. The summed E-state index contributed by atoms with van der Waals surface area (Å²) in [5.74, 6) is 0. The van der Waals surface area contributed by atoms with Gasteiger partial charge in [0.25, 0.3) is 0 Å². The zero-order valence-electron chi connectivity index (χ0n) is 75.7. The Morgan fingerprint density at radius 1 is 0.157 bits per heavy atom. The molecule has 2 aliphatic rings. The van der Waals surface area contributed by atoms with Crippen LogP contribution in [0.2, 0.25) is 0 Å². The largest absolute Gasteiger partial charge is 0.456 e. The number of hydrogen-bond acceptors (Lipinski definition) is 4. The lowest BCUT2D eigenvalue weighted by Gasteiger charge is -2.34. The maximum Gasteiger partial charge on any atom is 0.136 e. The Labute approximate surface area is 818 Å². The van der Waals surface area contributed by atoms with Crippen molar-refractivity contribution in [2.45, 2.75) is 25.7 Å². The minimum absolute atomic E-state index is 0. The Morgan fingerprint density at radius 2 is 0.400 bits per heavy atom. The van der Waals surface area contributed by atoms with Crippen LogP contribution in [0.3, 0.4) is 0 Å². The van der Waals surface area contributed by atoms with Crippen LogP contribution in [-0.2, 0) is 10.8 Å². The van der Waals surface area contributed by atoms with Gasteiger partial charge in [0.2, 0.25) is 0 Å². The summed E-state index contributed by atoms with van der Waals surface area (Å²) < 4.78 is 13.0. The van der Waals surface area contributed by atoms with Crippen molar-refractivity contribution in [3.05, 3.63) is 590 Å². The number of anilines is 6. The second-order valence-electron chi connectivity index (χ2n) is 35.8. The Balaban J connectivity index is 0.000000154. The molecule has 2 heterocycles. The molecule has 0 saturated heterocycles. The van der Waals surface area contributed by atoms with E-state index in [2.05, 4.69) is 544 Å². The summed E-state index contributed by atoms with van der Waals surface area (Å²) in [6, 6.07) is 199. The van der Waals surface area contributed by atoms with E-state index >= 15 is 0 Å². The lowest BCUT2D eigenvalue weighted by atomic mass is 9.67. The molecule has 0 fully saturated rings. The molecule has 2 aromatic heterocycles. The molecule has 0 saturated carbocycles. The van der Waals surface area contributed by atoms with Crippen LogP contribution < -0.4 is 9.80 Å². The van der Waals surface area contributed by atoms with Crippen molar-refractivity contribution in [2.75, 3.05) is 9.80 Å². The van der Waals surface area contributed by atoms with Crippen LogP contribution in [-0.4, -0.2) is 0 Å². The summed E-state index contributed by atoms with van der Waals surface area (Å²) in [5, 5.41) is 4.42. The van der Waals surface area contributed by atoms with Crippen molar-refractivity contribution in [2.24, 2.45) is 0 Å². The normalized spacial score (nSPS) is 12.3. The fourth-order valence-corrected chi connectivity index (χ4v) is 22.4. The Bertz CT molecular complexity index is 8590. The predicted octanol–water partition coefficient (Wildman–Crippen LogP) is 37.4. The third-order valence-corrected chi connectivity index (χ3v) is 28.4. The highest BCUT2D eigenvalue weighted by molar-refractivity contribution is 6.16. The molecule has 0 spiro atoms. The standard InChI is InChI=1S/2C67H45NO.2CH4/c1-4-21-46(22-5-1)47-41-43-48(44-42-47)49-23-18-28-52(45-49)68(62-38-16-12-30-54(62)56-34-20-40-64-66(56)58-32-13-17-39-63(58)69-64)61-37-15-11-29-53(61)55-33-19-36-60-65(55)57-31-10-14-35-59(57)67(60,50-24-6-2-7-25-50)51-26-8-3-9-27-51;1-4-20-46(21-5-1)47-38-40-48(41-39-47)49-42-44-52(45-43-49)68(62-35-16-12-27-54(62)56-31-19-37-64-66(56)58-29-13-17-36-63(58)69-64)61-34-15-11-26-53(61)55-30-18-33-60-65(55)57-28-10-14-32-59(57)67(60,50-22-6-2-7-23-50)51-24-8-3-9-25-51;;/h2*1-45H;2*1H4. The average molecular weight is 1790 g/mol. The predicted molar refractivity (Wildman–Crippen MR) is 588 cm³/mol. The molecule has 0 radical (unpaired) electrons. The maximum absolute atomic E-state index is 6.50. The number of hydrogen-bond donors (Lipinski definition) is 0. The summed E-state index contributed by atoms with van der Waals surface area (Å²) in [6.07, 6.45) is 0. The van der Waals surface area contributed by atoms with Gasteiger partial charge in [-0.15, -0.1) is 0 Å². The lowest BCUT2D eigenvalue weighted by molar-refractivity contribution is 0.668. The van der Waals surface area contributed by atoms with Gasteiger partial charge in [0.1, 0.15) is 22.3 Å². The monoisotopic (exact) mass is 1790 g/mol. The molecule has 0 N–H and O–H groups in total. The fourth-order valence-electron chi connectivity index (χ4n) is 22.4. The van der Waals surface area contributed by atoms with Crippen molar-refractivity contribution in [1.82, 2.24) is 0 Å². The molecular formula is C136H98N2O2. The minimum atomic E-state index is -0.526. The van der Waals surface area contributed by atoms with Crippen molar-refractivity contribution < 1.29 is 8.83 Å². The molecule has 140 heavy (non-hydrogen) atoms. The van der Waals surface area contributed by atoms with E-state index in [1.54, 1.807) is 0 Å². The highest BCUT2D eigenvalue weighted by atomic mass is 16.3. The molecule has 4 heteroatoms. The number of fused-ring (bicyclic) bond motifs is 12. The van der Waals surface area contributed by atoms with Crippen molar-refractivity contribution in [3.63, 3.8) is 0 Å². The van der Waals surface area contributed by atoms with Gasteiger partial charge in [-0.2, -0.15) is 0 Å². The van der Waals surface area contributed by atoms with E-state index in [0.29, 0.717) is 0 Å². The molecule has 2 aliphatic carbocycles. The Kier molecular flexibility index (Phi) is 22.6. The topological polar surface area (TPSA) is 32.8 Å². The average Bonchev–Trinajstić information content (AvgIpc) is 1.53. The molecule has 664 valence electrons. The van der Waals surface area contributed by atoms with Gasteiger partial charge in [-0.1, -0.05) is 488 Å². The van der Waals surface area contributed by atoms with E-state index in [1.165, 1.54) is 106 Å². The maximum atomic E-state index is 6.50. The van der Waals surface area contributed by atoms with Crippen molar-refractivity contribution >= 4 is 78.0 Å². The van der Waals surface area contributed by atoms with E-state index < -0.39 is 10.8 Å². The Hall–Kier alpha value is -18.0. The molecule has 0 bridgehead atoms. The molecule has 24 aromatic rings. The fraction of sp³-hybridized carbons (Fsp3) is 0.0294. The van der Waals surface area contributed by atoms with Gasteiger partial charge in [0.05, 0.1) is 33.6 Å². The number of nitrogens with zero attached hydrogens (tertiary/aromatic N) is 2. The van der Waals surface area contributed by atoms with Crippen molar-refractivity contribution in [3.8, 4) is 111 Å². The van der Waals surface area contributed by atoms with Crippen LogP contribution in [0.5, 0.6) is 0 Å². The van der Waals surface area contributed by atoms with Crippen LogP contribution in [0.1, 0.15) is 59.4 Å². The number of benzene rings is 22. The van der Waals surface area contributed by atoms with E-state index in [9.17, 15) is 0 Å². The van der Waals surface area contributed by atoms with E-state index in [4.69, 9.17) is 8.83 Å². The summed E-state index contributed by atoms with van der Waals surface area (Å²) in [5.41, 5.74) is 42.5. The van der Waals surface area contributed by atoms with Crippen LogP contribution >= 0.6 is 0 Å². The molecule has 26 rings (SSSR count). The van der Waals surface area contributed by atoms with E-state index in [0.717, 1.165) is 128 Å². The van der Waals surface area contributed by atoms with Gasteiger partial charge in [0.15, 0.2) is 0 Å². The minimum Gasteiger partial charge on any atom is -0.456 e. The zero-order chi connectivity index (χ0) is 91.5. The quantitative estimate of drug-likeness (QED) is 0.0857. The molecule has 0 amide bonds. The Morgan fingerprint density at radius 3 is 0.779 bits per heavy atom. The zero-order valence-corrected chi connectivity index (χ0v) is 75.7. The first kappa shape index (κ1) is 86.2. The number of rotatable bonds is 18. The summed E-state index contributed by atoms with van der Waals surface area (Å²) in [7, 11) is 0. The van der Waals surface area contributed by atoms with Crippen LogP contribution in [0, 0.1) is 0 Å². The van der Waals surface area contributed by atoms with E-state index in [1.807, 2.05) is 12.1 Å². The summed E-state index contributed by atoms with van der Waals surface area (Å²) in [4.78, 5) is 4.95. The van der Waals surface area contributed by atoms with Gasteiger partial charge in [-0.3, -0.25) is 0 Å². The lowest BCUT2D eigenvalue weighted by Crippen LogP contribution is -2.28. The first-order valence-corrected chi connectivity index (χ1v) is 47.5. The van der Waals surface area contributed by atoms with Gasteiger partial charge in [0, 0.05) is 55.2 Å². The van der Waals surface area contributed by atoms with Crippen LogP contribution in [0.25, 0.3) is 155 Å². The van der Waals surface area contributed by atoms with Crippen LogP contribution in [0.4, 0.5) is 34.1 Å². The molecule has 4 nitrogen and oxygen atoms in total. The van der Waals surface area contributed by atoms with Gasteiger partial charge < -0.3 is 18.6 Å². The number of para-hydroxylation sites is 6. The SMILES string of the molecule is C.C.c1ccc(-c2ccc(-c3ccc(N(c4ccccc4-c4cccc5c4-c4ccccc4C5(c4ccccc4)c4ccccc4)c4ccccc4-c4cccc5oc6ccccc6c45)cc3)cc2)cc1.c1ccc(-c2ccc(-c3cccc(N(c4ccccc4-c4cccc5c4-c4ccccc4C5(c4ccccc4)c4ccccc4)c4ccccc4-c4cccc5oc6ccccc6c45)c3)cc2)cc1. The number of furan rings is 2. The molecule has 22 aromatic carbocycles. The first-order chi connectivity index (χ1) is 68.5.